The Morgan fingerprint density at radius 2 is 2.00 bits per heavy atom. The molecule has 4 nitrogen and oxygen atoms in total. The van der Waals surface area contributed by atoms with E-state index in [4.69, 9.17) is 5.73 Å². The van der Waals surface area contributed by atoms with Gasteiger partial charge in [0.05, 0.1) is 5.56 Å². The van der Waals surface area contributed by atoms with Gasteiger partial charge in [-0.1, -0.05) is 19.8 Å². The summed E-state index contributed by atoms with van der Waals surface area (Å²) >= 11 is 0. The van der Waals surface area contributed by atoms with Gasteiger partial charge in [0.25, 0.3) is 5.91 Å². The van der Waals surface area contributed by atoms with Crippen molar-refractivity contribution in [3.63, 3.8) is 0 Å². The predicted molar refractivity (Wildman–Crippen MR) is 84.1 cm³/mol. The van der Waals surface area contributed by atoms with Gasteiger partial charge in [-0.05, 0) is 37.0 Å². The van der Waals surface area contributed by atoms with E-state index in [-0.39, 0.29) is 11.9 Å². The van der Waals surface area contributed by atoms with Crippen LogP contribution in [0.25, 0.3) is 0 Å². The van der Waals surface area contributed by atoms with Crippen LogP contribution in [-0.4, -0.2) is 26.0 Å². The number of carbonyl (C=O) groups is 1. The van der Waals surface area contributed by atoms with Gasteiger partial charge in [0.1, 0.15) is 0 Å². The number of benzene rings is 1. The van der Waals surface area contributed by atoms with Crippen molar-refractivity contribution in [2.45, 2.75) is 38.6 Å². The number of carbonyl (C=O) groups excluding carboxylic acids is 1. The van der Waals surface area contributed by atoms with Gasteiger partial charge in [-0.3, -0.25) is 4.79 Å². The van der Waals surface area contributed by atoms with Gasteiger partial charge in [0.15, 0.2) is 0 Å². The van der Waals surface area contributed by atoms with Gasteiger partial charge in [0, 0.05) is 31.5 Å². The summed E-state index contributed by atoms with van der Waals surface area (Å²) < 4.78 is 0. The van der Waals surface area contributed by atoms with Crippen LogP contribution in [0.1, 0.15) is 43.0 Å². The van der Waals surface area contributed by atoms with Gasteiger partial charge < -0.3 is 16.0 Å². The number of hydrogen-bond donors (Lipinski definition) is 2. The van der Waals surface area contributed by atoms with Gasteiger partial charge in [-0.2, -0.15) is 0 Å². The molecule has 0 saturated heterocycles. The first-order valence-electron chi connectivity index (χ1n) is 7.36. The minimum Gasteiger partial charge on any atom is -0.399 e. The molecular weight excluding hydrogens is 250 g/mol. The molecule has 0 spiro atoms. The van der Waals surface area contributed by atoms with E-state index in [1.54, 1.807) is 6.07 Å². The average Bonchev–Trinajstić information content (AvgIpc) is 2.40. The van der Waals surface area contributed by atoms with Crippen molar-refractivity contribution in [3.05, 3.63) is 23.8 Å². The highest BCUT2D eigenvalue weighted by Crippen LogP contribution is 2.26. The van der Waals surface area contributed by atoms with Crippen LogP contribution in [0.15, 0.2) is 18.2 Å². The zero-order valence-electron chi connectivity index (χ0n) is 12.6. The largest absolute Gasteiger partial charge is 0.399 e. The summed E-state index contributed by atoms with van der Waals surface area (Å²) in [6.45, 7) is 2.22. The Morgan fingerprint density at radius 3 is 2.65 bits per heavy atom. The van der Waals surface area contributed by atoms with Gasteiger partial charge in [-0.25, -0.2) is 0 Å². The normalized spacial score (nSPS) is 22.4. The first-order valence-corrected chi connectivity index (χ1v) is 7.36. The molecule has 1 aromatic rings. The van der Waals surface area contributed by atoms with Crippen molar-refractivity contribution >= 4 is 17.3 Å². The van der Waals surface area contributed by atoms with Crippen molar-refractivity contribution < 1.29 is 4.79 Å². The highest BCUT2D eigenvalue weighted by atomic mass is 16.1. The number of hydrogen-bond acceptors (Lipinski definition) is 3. The first kappa shape index (κ1) is 14.7. The lowest BCUT2D eigenvalue weighted by Gasteiger charge is -2.30. The number of rotatable bonds is 3. The van der Waals surface area contributed by atoms with Gasteiger partial charge >= 0.3 is 0 Å². The summed E-state index contributed by atoms with van der Waals surface area (Å²) in [5.41, 5.74) is 8.01. The third kappa shape index (κ3) is 3.24. The van der Waals surface area contributed by atoms with Crippen molar-refractivity contribution in [2.24, 2.45) is 5.92 Å². The van der Waals surface area contributed by atoms with Crippen molar-refractivity contribution in [3.8, 4) is 0 Å². The molecule has 0 aromatic heterocycles. The van der Waals surface area contributed by atoms with E-state index in [2.05, 4.69) is 12.2 Å². The molecule has 2 rings (SSSR count). The lowest BCUT2D eigenvalue weighted by molar-refractivity contribution is 0.0911. The summed E-state index contributed by atoms with van der Waals surface area (Å²) in [5.74, 6) is 0.538. The smallest absolute Gasteiger partial charge is 0.253 e. The van der Waals surface area contributed by atoms with Crippen LogP contribution in [0, 0.1) is 5.92 Å². The zero-order chi connectivity index (χ0) is 14.7. The molecule has 1 fully saturated rings. The van der Waals surface area contributed by atoms with Crippen LogP contribution in [-0.2, 0) is 0 Å². The van der Waals surface area contributed by atoms with Crippen molar-refractivity contribution in [2.75, 3.05) is 24.7 Å². The third-order valence-corrected chi connectivity index (χ3v) is 4.18. The fourth-order valence-corrected chi connectivity index (χ4v) is 2.90. The monoisotopic (exact) mass is 275 g/mol. The summed E-state index contributed by atoms with van der Waals surface area (Å²) in [5, 5.41) is 3.19. The molecule has 110 valence electrons. The summed E-state index contributed by atoms with van der Waals surface area (Å²) in [4.78, 5) is 14.5. The molecule has 1 aliphatic rings. The number of nitrogens with two attached hydrogens (primary N) is 1. The van der Waals surface area contributed by atoms with E-state index in [0.717, 1.165) is 12.1 Å². The van der Waals surface area contributed by atoms with Crippen LogP contribution >= 0.6 is 0 Å². The van der Waals surface area contributed by atoms with Crippen LogP contribution in [0.3, 0.4) is 0 Å². The Hall–Kier alpha value is -1.71. The second-order valence-corrected chi connectivity index (χ2v) is 6.01. The fraction of sp³-hybridized carbons (Fsp3) is 0.562. The Labute approximate surface area is 121 Å². The maximum absolute atomic E-state index is 12.5. The molecule has 0 unspecified atom stereocenters. The van der Waals surface area contributed by atoms with E-state index in [1.165, 1.54) is 19.3 Å². The number of nitrogens with one attached hydrogen (secondary N) is 1. The standard InChI is InChI=1S/C16H25N3O/c1-11-6-4-5-7-14(11)18-16(20)13-10-12(17)8-9-15(13)19(2)3/h8-11,14H,4-7,17H2,1-3H3,(H,18,20)/t11-,14-/m0/s1. The molecule has 0 aliphatic heterocycles. The molecule has 1 aliphatic carbocycles. The van der Waals surface area contributed by atoms with E-state index in [1.807, 2.05) is 31.1 Å². The molecule has 0 radical (unpaired) electrons. The average molecular weight is 275 g/mol. The quantitative estimate of drug-likeness (QED) is 0.834. The minimum absolute atomic E-state index is 0.0141. The number of amides is 1. The summed E-state index contributed by atoms with van der Waals surface area (Å²) in [6, 6.07) is 5.77. The van der Waals surface area contributed by atoms with Gasteiger partial charge in [-0.15, -0.1) is 0 Å². The van der Waals surface area contributed by atoms with Crippen LogP contribution in [0.5, 0.6) is 0 Å². The van der Waals surface area contributed by atoms with Crippen LogP contribution < -0.4 is 16.0 Å². The van der Waals surface area contributed by atoms with Crippen LogP contribution in [0.2, 0.25) is 0 Å². The Bertz CT molecular complexity index is 485. The maximum Gasteiger partial charge on any atom is 0.253 e. The predicted octanol–water partition coefficient (Wildman–Crippen LogP) is 2.64. The summed E-state index contributed by atoms with van der Waals surface area (Å²) in [7, 11) is 3.87. The number of nitrogens with zero attached hydrogens (tertiary/aromatic N) is 1. The maximum atomic E-state index is 12.5. The van der Waals surface area contributed by atoms with Crippen molar-refractivity contribution in [1.29, 1.82) is 0 Å². The highest BCUT2D eigenvalue weighted by Gasteiger charge is 2.24. The SMILES string of the molecule is C[C@H]1CCCC[C@@H]1NC(=O)c1cc(N)ccc1N(C)C. The topological polar surface area (TPSA) is 58.4 Å². The molecule has 1 aromatic carbocycles. The summed E-state index contributed by atoms with van der Waals surface area (Å²) in [6.07, 6.45) is 4.75. The molecule has 2 atom stereocenters. The lowest BCUT2D eigenvalue weighted by Crippen LogP contribution is -2.41. The number of nitrogen functional groups attached to an aromatic ring is 1. The van der Waals surface area contributed by atoms with E-state index in [0.29, 0.717) is 17.2 Å². The Morgan fingerprint density at radius 1 is 1.30 bits per heavy atom. The third-order valence-electron chi connectivity index (χ3n) is 4.18. The molecule has 0 heterocycles. The molecule has 20 heavy (non-hydrogen) atoms. The molecule has 0 bridgehead atoms. The highest BCUT2D eigenvalue weighted by molar-refractivity contribution is 6.00. The molecule has 1 saturated carbocycles. The van der Waals surface area contributed by atoms with E-state index < -0.39 is 0 Å². The first-order chi connectivity index (χ1) is 9.49. The zero-order valence-corrected chi connectivity index (χ0v) is 12.6. The second-order valence-electron chi connectivity index (χ2n) is 6.01. The Kier molecular flexibility index (Phi) is 4.53. The van der Waals surface area contributed by atoms with E-state index >= 15 is 0 Å². The molecular formula is C16H25N3O. The number of anilines is 2. The van der Waals surface area contributed by atoms with E-state index in [9.17, 15) is 4.79 Å². The molecule has 1 amide bonds. The molecule has 4 heteroatoms. The molecule has 3 N–H and O–H groups in total. The second kappa shape index (κ2) is 6.16. The van der Waals surface area contributed by atoms with Crippen molar-refractivity contribution in [1.82, 2.24) is 5.32 Å². The van der Waals surface area contributed by atoms with Gasteiger partial charge in [0.2, 0.25) is 0 Å². The minimum atomic E-state index is -0.0141. The fourth-order valence-electron chi connectivity index (χ4n) is 2.90. The van der Waals surface area contributed by atoms with Crippen LogP contribution in [0.4, 0.5) is 11.4 Å². The Balaban J connectivity index is 2.18. The lowest BCUT2D eigenvalue weighted by atomic mass is 9.86.